The summed E-state index contributed by atoms with van der Waals surface area (Å²) in [6, 6.07) is 0. The molecule has 0 saturated carbocycles. The van der Waals surface area contributed by atoms with Gasteiger partial charge in [-0.25, -0.2) is 8.42 Å². The van der Waals surface area contributed by atoms with Crippen LogP contribution in [-0.2, 0) is 24.2 Å². The molecule has 19 heavy (non-hydrogen) atoms. The average Bonchev–Trinajstić information content (AvgIpc) is 2.26. The maximum Gasteiger partial charge on any atom is 0.325 e. The number of rotatable bonds is 3. The third-order valence-electron chi connectivity index (χ3n) is 3.42. The summed E-state index contributed by atoms with van der Waals surface area (Å²) in [5.74, 6) is -0.703. The Bertz CT molecular complexity index is 447. The van der Waals surface area contributed by atoms with Gasteiger partial charge in [0.2, 0.25) is 5.91 Å². The van der Waals surface area contributed by atoms with E-state index in [-0.39, 0.29) is 24.0 Å². The molecule has 0 N–H and O–H groups in total. The molecule has 2 saturated heterocycles. The Labute approximate surface area is 113 Å². The zero-order chi connectivity index (χ0) is 13.9. The summed E-state index contributed by atoms with van der Waals surface area (Å²) in [5.41, 5.74) is 0. The second kappa shape index (κ2) is 5.90. The number of nitrogens with zero attached hydrogens (tertiary/aromatic N) is 1. The molecule has 108 valence electrons. The number of carbonyl (C=O) groups is 2. The predicted molar refractivity (Wildman–Crippen MR) is 68.2 cm³/mol. The van der Waals surface area contributed by atoms with Crippen LogP contribution in [0.15, 0.2) is 0 Å². The van der Waals surface area contributed by atoms with Crippen LogP contribution >= 0.6 is 0 Å². The normalized spacial score (nSPS) is 24.2. The molecular weight excluding hydrogens is 270 g/mol. The lowest BCUT2D eigenvalue weighted by molar-refractivity contribution is -0.152. The Kier molecular flexibility index (Phi) is 4.44. The maximum absolute atomic E-state index is 11.8. The summed E-state index contributed by atoms with van der Waals surface area (Å²) in [5, 5.41) is 0. The molecule has 0 atom stereocenters. The molecule has 0 bridgehead atoms. The van der Waals surface area contributed by atoms with E-state index >= 15 is 0 Å². The molecular formula is C12H19NO5S. The van der Waals surface area contributed by atoms with E-state index in [0.717, 1.165) is 25.7 Å². The van der Waals surface area contributed by atoms with E-state index in [2.05, 4.69) is 0 Å². The van der Waals surface area contributed by atoms with Gasteiger partial charge in [-0.05, 0) is 12.8 Å². The summed E-state index contributed by atoms with van der Waals surface area (Å²) < 4.78 is 26.9. The number of likely N-dealkylation sites (tertiary alicyclic amines) is 1. The number of hydrogen-bond donors (Lipinski definition) is 0. The molecule has 2 aliphatic rings. The molecule has 2 rings (SSSR count). The van der Waals surface area contributed by atoms with Crippen LogP contribution < -0.4 is 0 Å². The topological polar surface area (TPSA) is 80.8 Å². The van der Waals surface area contributed by atoms with Crippen molar-refractivity contribution >= 4 is 21.7 Å². The Morgan fingerprint density at radius 1 is 1.21 bits per heavy atom. The summed E-state index contributed by atoms with van der Waals surface area (Å²) >= 11 is 0. The van der Waals surface area contributed by atoms with Crippen LogP contribution in [0, 0.1) is 0 Å². The highest BCUT2D eigenvalue weighted by Gasteiger charge is 2.36. The van der Waals surface area contributed by atoms with E-state index < -0.39 is 21.9 Å². The van der Waals surface area contributed by atoms with E-state index in [1.165, 1.54) is 4.90 Å². The third kappa shape index (κ3) is 4.19. The van der Waals surface area contributed by atoms with Crippen molar-refractivity contribution in [3.8, 4) is 0 Å². The first-order valence-electron chi connectivity index (χ1n) is 6.64. The lowest BCUT2D eigenvalue weighted by atomic mass is 10.1. The Balaban J connectivity index is 1.78. The van der Waals surface area contributed by atoms with Crippen molar-refractivity contribution < 1.29 is 22.7 Å². The SMILES string of the molecule is O=C(CN1CCCCCCC1=O)OC1CS(=O)(=O)C1. The molecule has 1 amide bonds. The van der Waals surface area contributed by atoms with Gasteiger partial charge in [-0.2, -0.15) is 0 Å². The van der Waals surface area contributed by atoms with Gasteiger partial charge in [0.15, 0.2) is 9.84 Å². The van der Waals surface area contributed by atoms with Crippen molar-refractivity contribution in [2.24, 2.45) is 0 Å². The van der Waals surface area contributed by atoms with Crippen LogP contribution in [0.3, 0.4) is 0 Å². The number of amides is 1. The van der Waals surface area contributed by atoms with Gasteiger partial charge in [-0.15, -0.1) is 0 Å². The summed E-state index contributed by atoms with van der Waals surface area (Å²) in [7, 11) is -2.99. The highest BCUT2D eigenvalue weighted by molar-refractivity contribution is 7.92. The van der Waals surface area contributed by atoms with Crippen LogP contribution in [0.2, 0.25) is 0 Å². The molecule has 7 heteroatoms. The highest BCUT2D eigenvalue weighted by atomic mass is 32.2. The second-order valence-corrected chi connectivity index (χ2v) is 7.32. The standard InChI is InChI=1S/C12H19NO5S/c14-11-5-3-1-2-4-6-13(11)7-12(15)18-10-8-19(16,17)9-10/h10H,1-9H2. The molecule has 0 aliphatic carbocycles. The lowest BCUT2D eigenvalue weighted by Crippen LogP contribution is -2.46. The average molecular weight is 289 g/mol. The van der Waals surface area contributed by atoms with Crippen molar-refractivity contribution in [2.75, 3.05) is 24.6 Å². The van der Waals surface area contributed by atoms with Gasteiger partial charge < -0.3 is 9.64 Å². The van der Waals surface area contributed by atoms with Gasteiger partial charge in [0.05, 0.1) is 11.5 Å². The summed E-state index contributed by atoms with van der Waals surface area (Å²) in [4.78, 5) is 25.0. The number of esters is 1. The van der Waals surface area contributed by atoms with Crippen LogP contribution in [0.4, 0.5) is 0 Å². The first-order chi connectivity index (χ1) is 8.96. The zero-order valence-electron chi connectivity index (χ0n) is 10.8. The van der Waals surface area contributed by atoms with Crippen LogP contribution in [0.25, 0.3) is 0 Å². The van der Waals surface area contributed by atoms with Crippen molar-refractivity contribution in [2.45, 2.75) is 38.2 Å². The quantitative estimate of drug-likeness (QED) is 0.689. The number of sulfone groups is 1. The van der Waals surface area contributed by atoms with Gasteiger partial charge in [0.25, 0.3) is 0 Å². The molecule has 0 aromatic carbocycles. The fourth-order valence-electron chi connectivity index (χ4n) is 2.35. The van der Waals surface area contributed by atoms with Gasteiger partial charge >= 0.3 is 5.97 Å². The Hall–Kier alpha value is -1.11. The van der Waals surface area contributed by atoms with Crippen molar-refractivity contribution in [1.29, 1.82) is 0 Å². The number of hydrogen-bond acceptors (Lipinski definition) is 5. The molecule has 2 aliphatic heterocycles. The summed E-state index contributed by atoms with van der Waals surface area (Å²) in [6.45, 7) is 0.520. The molecule has 2 fully saturated rings. The van der Waals surface area contributed by atoms with E-state index in [1.54, 1.807) is 0 Å². The van der Waals surface area contributed by atoms with Gasteiger partial charge in [0.1, 0.15) is 12.6 Å². The fourth-order valence-corrected chi connectivity index (χ4v) is 3.52. The highest BCUT2D eigenvalue weighted by Crippen LogP contribution is 2.15. The first kappa shape index (κ1) is 14.3. The Morgan fingerprint density at radius 3 is 2.58 bits per heavy atom. The Morgan fingerprint density at radius 2 is 1.89 bits per heavy atom. The molecule has 6 nitrogen and oxygen atoms in total. The maximum atomic E-state index is 11.8. The van der Waals surface area contributed by atoms with Crippen LogP contribution in [-0.4, -0.2) is 55.9 Å². The van der Waals surface area contributed by atoms with Crippen LogP contribution in [0.5, 0.6) is 0 Å². The van der Waals surface area contributed by atoms with E-state index in [4.69, 9.17) is 4.74 Å². The first-order valence-corrected chi connectivity index (χ1v) is 8.46. The van der Waals surface area contributed by atoms with Gasteiger partial charge in [0, 0.05) is 13.0 Å². The lowest BCUT2D eigenvalue weighted by Gasteiger charge is -2.28. The molecule has 2 heterocycles. The second-order valence-electron chi connectivity index (χ2n) is 5.17. The summed E-state index contributed by atoms with van der Waals surface area (Å²) in [6.07, 6.45) is 3.85. The molecule has 0 spiro atoms. The largest absolute Gasteiger partial charge is 0.459 e. The minimum Gasteiger partial charge on any atom is -0.459 e. The van der Waals surface area contributed by atoms with Gasteiger partial charge in [-0.1, -0.05) is 12.8 Å². The third-order valence-corrected chi connectivity index (χ3v) is 5.18. The minimum atomic E-state index is -2.99. The van der Waals surface area contributed by atoms with Gasteiger partial charge in [-0.3, -0.25) is 9.59 Å². The minimum absolute atomic E-state index is 0.0159. The van der Waals surface area contributed by atoms with E-state index in [1.807, 2.05) is 0 Å². The zero-order valence-corrected chi connectivity index (χ0v) is 11.7. The van der Waals surface area contributed by atoms with Crippen molar-refractivity contribution in [1.82, 2.24) is 4.90 Å². The molecule has 0 aromatic heterocycles. The van der Waals surface area contributed by atoms with E-state index in [9.17, 15) is 18.0 Å². The molecule has 0 radical (unpaired) electrons. The number of ether oxygens (including phenoxy) is 1. The predicted octanol–water partition coefficient (Wildman–Crippen LogP) is 0.119. The van der Waals surface area contributed by atoms with Crippen molar-refractivity contribution in [3.63, 3.8) is 0 Å². The molecule has 0 aromatic rings. The monoisotopic (exact) mass is 289 g/mol. The number of carbonyl (C=O) groups excluding carboxylic acids is 2. The van der Waals surface area contributed by atoms with Crippen LogP contribution in [0.1, 0.15) is 32.1 Å². The van der Waals surface area contributed by atoms with Crippen molar-refractivity contribution in [3.05, 3.63) is 0 Å². The smallest absolute Gasteiger partial charge is 0.325 e. The fraction of sp³-hybridized carbons (Fsp3) is 0.833. The van der Waals surface area contributed by atoms with E-state index in [0.29, 0.717) is 13.0 Å². The molecule has 0 unspecified atom stereocenters.